The van der Waals surface area contributed by atoms with E-state index < -0.39 is 0 Å². The molecule has 1 amide bonds. The number of likely N-dealkylation sites (tertiary alicyclic amines) is 2. The summed E-state index contributed by atoms with van der Waals surface area (Å²) in [6, 6.07) is 10.3. The molecule has 3 heterocycles. The molecule has 29 heavy (non-hydrogen) atoms. The van der Waals surface area contributed by atoms with Gasteiger partial charge in [-0.2, -0.15) is 0 Å². The molecule has 2 aliphatic heterocycles. The molecule has 1 aromatic carbocycles. The quantitative estimate of drug-likeness (QED) is 0.677. The normalized spacial score (nSPS) is 20.7. The van der Waals surface area contributed by atoms with E-state index in [2.05, 4.69) is 38.7 Å². The first-order valence-corrected chi connectivity index (χ1v) is 11.8. The van der Waals surface area contributed by atoms with Crippen molar-refractivity contribution >= 4 is 17.7 Å². The monoisotopic (exact) mass is 413 g/mol. The van der Waals surface area contributed by atoms with Crippen LogP contribution in [0.15, 0.2) is 35.5 Å². The van der Waals surface area contributed by atoms with Crippen LogP contribution in [0.1, 0.15) is 44.9 Å². The third-order valence-corrected chi connectivity index (χ3v) is 6.78. The lowest BCUT2D eigenvalue weighted by atomic mass is 10.0. The first-order chi connectivity index (χ1) is 14.2. The maximum atomic E-state index is 12.7. The van der Waals surface area contributed by atoms with Gasteiger partial charge in [0.15, 0.2) is 11.0 Å². The fraction of sp³-hybridized carbons (Fsp3) is 0.591. The Morgan fingerprint density at radius 1 is 1.07 bits per heavy atom. The molecule has 1 atom stereocenters. The molecule has 1 aromatic heterocycles. The van der Waals surface area contributed by atoms with Crippen LogP contribution >= 0.6 is 11.8 Å². The highest BCUT2D eigenvalue weighted by molar-refractivity contribution is 7.99. The molecule has 0 saturated carbocycles. The van der Waals surface area contributed by atoms with E-state index >= 15 is 0 Å². The summed E-state index contributed by atoms with van der Waals surface area (Å²) in [4.78, 5) is 17.2. The second-order valence-corrected chi connectivity index (χ2v) is 9.22. The summed E-state index contributed by atoms with van der Waals surface area (Å²) >= 11 is 1.51. The number of carbonyl (C=O) groups excluding carboxylic acids is 1. The van der Waals surface area contributed by atoms with Crippen molar-refractivity contribution in [1.29, 1.82) is 0 Å². The number of benzene rings is 1. The minimum atomic E-state index is 0.210. The zero-order valence-electron chi connectivity index (χ0n) is 17.3. The lowest BCUT2D eigenvalue weighted by molar-refractivity contribution is -0.130. The molecule has 0 radical (unpaired) electrons. The first-order valence-electron chi connectivity index (χ1n) is 10.8. The second-order valence-electron chi connectivity index (χ2n) is 8.28. The summed E-state index contributed by atoms with van der Waals surface area (Å²) in [5.74, 6) is 2.18. The Balaban J connectivity index is 1.49. The number of para-hydroxylation sites is 1. The number of amides is 1. The van der Waals surface area contributed by atoms with Crippen LogP contribution in [0.3, 0.4) is 0 Å². The molecule has 0 bridgehead atoms. The van der Waals surface area contributed by atoms with Crippen molar-refractivity contribution in [1.82, 2.24) is 24.6 Å². The molecular weight excluding hydrogens is 382 g/mol. The van der Waals surface area contributed by atoms with E-state index in [9.17, 15) is 4.79 Å². The Hall–Kier alpha value is -1.86. The van der Waals surface area contributed by atoms with Gasteiger partial charge in [0.1, 0.15) is 0 Å². The van der Waals surface area contributed by atoms with Crippen LogP contribution < -0.4 is 0 Å². The molecule has 0 spiro atoms. The molecular formula is C22H31N5OS. The van der Waals surface area contributed by atoms with Crippen LogP contribution in [-0.2, 0) is 11.3 Å². The predicted octanol–water partition coefficient (Wildman–Crippen LogP) is 3.60. The summed E-state index contributed by atoms with van der Waals surface area (Å²) in [5.41, 5.74) is 1.06. The molecule has 0 N–H and O–H groups in total. The maximum absolute atomic E-state index is 12.7. The lowest BCUT2D eigenvalue weighted by Gasteiger charge is -2.30. The molecule has 0 aliphatic carbocycles. The van der Waals surface area contributed by atoms with Crippen molar-refractivity contribution in [3.8, 4) is 5.69 Å². The predicted molar refractivity (Wildman–Crippen MR) is 116 cm³/mol. The van der Waals surface area contributed by atoms with Crippen LogP contribution in [-0.4, -0.2) is 62.4 Å². The van der Waals surface area contributed by atoms with Crippen LogP contribution in [0.2, 0.25) is 0 Å². The molecule has 156 valence electrons. The Kier molecular flexibility index (Phi) is 6.87. The van der Waals surface area contributed by atoms with E-state index in [0.717, 1.165) is 55.8 Å². The van der Waals surface area contributed by atoms with Crippen molar-refractivity contribution in [2.24, 2.45) is 5.92 Å². The third kappa shape index (κ3) is 5.20. The molecule has 7 heteroatoms. The van der Waals surface area contributed by atoms with E-state index in [0.29, 0.717) is 11.7 Å². The summed E-state index contributed by atoms with van der Waals surface area (Å²) in [6.45, 7) is 7.04. The van der Waals surface area contributed by atoms with Crippen molar-refractivity contribution in [3.63, 3.8) is 0 Å². The maximum Gasteiger partial charge on any atom is 0.233 e. The van der Waals surface area contributed by atoms with Crippen LogP contribution in [0, 0.1) is 5.92 Å². The van der Waals surface area contributed by atoms with Crippen molar-refractivity contribution in [2.75, 3.05) is 31.9 Å². The highest BCUT2D eigenvalue weighted by Gasteiger charge is 2.23. The zero-order chi connectivity index (χ0) is 20.1. The Morgan fingerprint density at radius 2 is 1.86 bits per heavy atom. The number of hydrogen-bond acceptors (Lipinski definition) is 5. The summed E-state index contributed by atoms with van der Waals surface area (Å²) in [7, 11) is 0. The number of hydrogen-bond donors (Lipinski definition) is 0. The topological polar surface area (TPSA) is 54.3 Å². The molecule has 6 nitrogen and oxygen atoms in total. The molecule has 1 unspecified atom stereocenters. The third-order valence-electron chi connectivity index (χ3n) is 5.86. The Bertz CT molecular complexity index is 803. The summed E-state index contributed by atoms with van der Waals surface area (Å²) < 4.78 is 2.13. The number of rotatable bonds is 6. The van der Waals surface area contributed by atoms with Gasteiger partial charge in [0.2, 0.25) is 5.91 Å². The zero-order valence-corrected chi connectivity index (χ0v) is 18.1. The smallest absolute Gasteiger partial charge is 0.233 e. The van der Waals surface area contributed by atoms with E-state index in [1.165, 1.54) is 37.4 Å². The van der Waals surface area contributed by atoms with Gasteiger partial charge in [-0.1, -0.05) is 43.3 Å². The van der Waals surface area contributed by atoms with Gasteiger partial charge in [0.25, 0.3) is 0 Å². The average molecular weight is 414 g/mol. The van der Waals surface area contributed by atoms with Gasteiger partial charge in [-0.05, 0) is 56.8 Å². The SMILES string of the molecule is CC1CCCN(C(=O)CSc2nnc(CN3CCCCC3)n2-c2ccccc2)C1. The molecule has 2 fully saturated rings. The van der Waals surface area contributed by atoms with Crippen LogP contribution in [0.5, 0.6) is 0 Å². The number of piperidine rings is 2. The van der Waals surface area contributed by atoms with Gasteiger partial charge < -0.3 is 4.90 Å². The molecule has 4 rings (SSSR count). The minimum Gasteiger partial charge on any atom is -0.342 e. The largest absolute Gasteiger partial charge is 0.342 e. The van der Waals surface area contributed by atoms with E-state index in [1.54, 1.807) is 0 Å². The van der Waals surface area contributed by atoms with Crippen molar-refractivity contribution in [3.05, 3.63) is 36.2 Å². The lowest BCUT2D eigenvalue weighted by Crippen LogP contribution is -2.40. The molecule has 2 saturated heterocycles. The van der Waals surface area contributed by atoms with Gasteiger partial charge in [0.05, 0.1) is 12.3 Å². The fourth-order valence-corrected chi connectivity index (χ4v) is 5.16. The molecule has 2 aliphatic rings. The average Bonchev–Trinajstić information content (AvgIpc) is 3.15. The standard InChI is InChI=1S/C22H31N5OS/c1-18-9-8-14-26(15-18)21(28)17-29-22-24-23-20(16-25-12-6-3-7-13-25)27(22)19-10-4-2-5-11-19/h2,4-5,10-11,18H,3,6-9,12-17H2,1H3. The van der Waals surface area contributed by atoms with Crippen LogP contribution in [0.25, 0.3) is 5.69 Å². The first kappa shape index (κ1) is 20.4. The number of aromatic nitrogens is 3. The van der Waals surface area contributed by atoms with E-state index in [4.69, 9.17) is 0 Å². The van der Waals surface area contributed by atoms with Gasteiger partial charge >= 0.3 is 0 Å². The summed E-state index contributed by atoms with van der Waals surface area (Å²) in [6.07, 6.45) is 6.16. The number of nitrogens with zero attached hydrogens (tertiary/aromatic N) is 5. The Labute approximate surface area is 177 Å². The van der Waals surface area contributed by atoms with Gasteiger partial charge in [0, 0.05) is 18.8 Å². The number of carbonyl (C=O) groups is 1. The van der Waals surface area contributed by atoms with Crippen molar-refractivity contribution in [2.45, 2.75) is 50.7 Å². The highest BCUT2D eigenvalue weighted by Crippen LogP contribution is 2.25. The van der Waals surface area contributed by atoms with Gasteiger partial charge in [-0.25, -0.2) is 0 Å². The fourth-order valence-electron chi connectivity index (χ4n) is 4.28. The Morgan fingerprint density at radius 3 is 2.62 bits per heavy atom. The molecule has 2 aromatic rings. The van der Waals surface area contributed by atoms with Gasteiger partial charge in [-0.15, -0.1) is 10.2 Å². The van der Waals surface area contributed by atoms with Gasteiger partial charge in [-0.3, -0.25) is 14.3 Å². The van der Waals surface area contributed by atoms with E-state index in [1.807, 2.05) is 23.1 Å². The second kappa shape index (κ2) is 9.76. The minimum absolute atomic E-state index is 0.210. The highest BCUT2D eigenvalue weighted by atomic mass is 32.2. The van der Waals surface area contributed by atoms with Crippen LogP contribution in [0.4, 0.5) is 0 Å². The number of thioether (sulfide) groups is 1. The van der Waals surface area contributed by atoms with E-state index in [-0.39, 0.29) is 5.91 Å². The van der Waals surface area contributed by atoms with Crippen molar-refractivity contribution < 1.29 is 4.79 Å². The summed E-state index contributed by atoms with van der Waals surface area (Å²) in [5, 5.41) is 9.79.